The first kappa shape index (κ1) is 15.9. The molecule has 2 aromatic carbocycles. The van der Waals surface area contributed by atoms with Crippen molar-refractivity contribution in [1.82, 2.24) is 5.32 Å². The molecule has 0 bridgehead atoms. The highest BCUT2D eigenvalue weighted by molar-refractivity contribution is 7.99. The zero-order chi connectivity index (χ0) is 15.1. The van der Waals surface area contributed by atoms with Crippen molar-refractivity contribution in [2.45, 2.75) is 16.3 Å². The molecule has 0 unspecified atom stereocenters. The summed E-state index contributed by atoms with van der Waals surface area (Å²) in [4.78, 5) is 1.70. The predicted molar refractivity (Wildman–Crippen MR) is 80.5 cm³/mol. The van der Waals surface area contributed by atoms with Crippen LogP contribution < -0.4 is 5.32 Å². The Labute approximate surface area is 127 Å². The lowest BCUT2D eigenvalue weighted by Gasteiger charge is -2.10. The molecular weight excluding hydrogens is 292 g/mol. The predicted octanol–water partition coefficient (Wildman–Crippen LogP) is 3.85. The molecule has 2 aromatic rings. The van der Waals surface area contributed by atoms with Gasteiger partial charge in [0.1, 0.15) is 0 Å². The van der Waals surface area contributed by atoms with Gasteiger partial charge in [-0.2, -0.15) is 0 Å². The van der Waals surface area contributed by atoms with Crippen molar-refractivity contribution in [3.8, 4) is 0 Å². The van der Waals surface area contributed by atoms with Crippen molar-refractivity contribution in [2.24, 2.45) is 0 Å². The third-order valence-electron chi connectivity index (χ3n) is 2.89. The highest BCUT2D eigenvalue weighted by Gasteiger charge is 2.07. The molecule has 0 aliphatic heterocycles. The summed E-state index contributed by atoms with van der Waals surface area (Å²) < 4.78 is 31.2. The van der Waals surface area contributed by atoms with Gasteiger partial charge in [0.25, 0.3) is 0 Å². The quantitative estimate of drug-likeness (QED) is 0.785. The van der Waals surface area contributed by atoms with Gasteiger partial charge in [-0.1, -0.05) is 30.0 Å². The number of halogens is 2. The van der Waals surface area contributed by atoms with E-state index in [-0.39, 0.29) is 0 Å². The van der Waals surface area contributed by atoms with Gasteiger partial charge in [-0.15, -0.1) is 0 Å². The van der Waals surface area contributed by atoms with Crippen LogP contribution in [0.1, 0.15) is 5.56 Å². The lowest BCUT2D eigenvalue weighted by atomic mass is 10.2. The van der Waals surface area contributed by atoms with Crippen molar-refractivity contribution in [3.05, 3.63) is 59.7 Å². The molecule has 0 fully saturated rings. The van der Waals surface area contributed by atoms with Crippen molar-refractivity contribution >= 4 is 11.8 Å². The number of benzene rings is 2. The van der Waals surface area contributed by atoms with Crippen LogP contribution in [-0.4, -0.2) is 20.3 Å². The molecule has 0 radical (unpaired) electrons. The van der Waals surface area contributed by atoms with Crippen LogP contribution in [0.15, 0.2) is 52.3 Å². The molecule has 0 aliphatic carbocycles. The van der Waals surface area contributed by atoms with Gasteiger partial charge in [-0.3, -0.25) is 0 Å². The average molecular weight is 309 g/mol. The van der Waals surface area contributed by atoms with E-state index in [1.165, 1.54) is 17.8 Å². The first-order valence-electron chi connectivity index (χ1n) is 6.61. The van der Waals surface area contributed by atoms with Crippen LogP contribution >= 0.6 is 11.8 Å². The summed E-state index contributed by atoms with van der Waals surface area (Å²) in [5.74, 6) is -1.65. The molecule has 2 nitrogen and oxygen atoms in total. The molecular formula is C16H17F2NOS. The minimum atomic E-state index is -0.825. The standard InChI is InChI=1S/C16H17F2NOS/c1-20-9-8-19-11-12-4-2-3-5-16(12)21-13-6-7-14(17)15(18)10-13/h2-7,10,19H,8-9,11H2,1H3. The van der Waals surface area contributed by atoms with Gasteiger partial charge < -0.3 is 10.1 Å². The Kier molecular flexibility index (Phi) is 6.17. The van der Waals surface area contributed by atoms with E-state index in [0.717, 1.165) is 23.1 Å². The number of ether oxygens (including phenoxy) is 1. The summed E-state index contributed by atoms with van der Waals surface area (Å²) in [6.07, 6.45) is 0. The first-order chi connectivity index (χ1) is 10.2. The Morgan fingerprint density at radius 1 is 1.10 bits per heavy atom. The summed E-state index contributed by atoms with van der Waals surface area (Å²) in [6, 6.07) is 11.8. The topological polar surface area (TPSA) is 21.3 Å². The van der Waals surface area contributed by atoms with E-state index < -0.39 is 11.6 Å². The van der Waals surface area contributed by atoms with Crippen LogP contribution in [0.5, 0.6) is 0 Å². The van der Waals surface area contributed by atoms with Gasteiger partial charge in [0.15, 0.2) is 11.6 Å². The fourth-order valence-electron chi connectivity index (χ4n) is 1.81. The summed E-state index contributed by atoms with van der Waals surface area (Å²) in [5, 5.41) is 3.28. The van der Waals surface area contributed by atoms with Crippen LogP contribution in [0, 0.1) is 11.6 Å². The van der Waals surface area contributed by atoms with Crippen LogP contribution in [0.2, 0.25) is 0 Å². The van der Waals surface area contributed by atoms with Gasteiger partial charge in [0, 0.05) is 30.0 Å². The molecule has 5 heteroatoms. The lowest BCUT2D eigenvalue weighted by molar-refractivity contribution is 0.199. The molecule has 2 rings (SSSR count). The first-order valence-corrected chi connectivity index (χ1v) is 7.43. The molecule has 1 N–H and O–H groups in total. The van der Waals surface area contributed by atoms with Gasteiger partial charge >= 0.3 is 0 Å². The monoisotopic (exact) mass is 309 g/mol. The zero-order valence-electron chi connectivity index (χ0n) is 11.7. The highest BCUT2D eigenvalue weighted by atomic mass is 32.2. The molecule has 21 heavy (non-hydrogen) atoms. The average Bonchev–Trinajstić information content (AvgIpc) is 2.49. The second-order valence-electron chi connectivity index (χ2n) is 4.46. The molecule has 0 heterocycles. The maximum Gasteiger partial charge on any atom is 0.159 e. The molecule has 0 amide bonds. The van der Waals surface area contributed by atoms with E-state index in [1.54, 1.807) is 13.2 Å². The number of hydrogen-bond donors (Lipinski definition) is 1. The van der Waals surface area contributed by atoms with Crippen LogP contribution in [-0.2, 0) is 11.3 Å². The summed E-state index contributed by atoms with van der Waals surface area (Å²) >= 11 is 1.42. The van der Waals surface area contributed by atoms with Crippen molar-refractivity contribution in [3.63, 3.8) is 0 Å². The van der Waals surface area contributed by atoms with E-state index in [9.17, 15) is 8.78 Å². The maximum atomic E-state index is 13.3. The second-order valence-corrected chi connectivity index (χ2v) is 5.57. The molecule has 0 aliphatic rings. The third-order valence-corrected chi connectivity index (χ3v) is 4.00. The highest BCUT2D eigenvalue weighted by Crippen LogP contribution is 2.31. The fourth-order valence-corrected chi connectivity index (χ4v) is 2.78. The number of hydrogen-bond acceptors (Lipinski definition) is 3. The smallest absolute Gasteiger partial charge is 0.159 e. The lowest BCUT2D eigenvalue weighted by Crippen LogP contribution is -2.18. The second kappa shape index (κ2) is 8.12. The Balaban J connectivity index is 2.06. The molecule has 0 saturated carbocycles. The SMILES string of the molecule is COCCNCc1ccccc1Sc1ccc(F)c(F)c1. The van der Waals surface area contributed by atoms with E-state index in [0.29, 0.717) is 18.0 Å². The molecule has 0 atom stereocenters. The van der Waals surface area contributed by atoms with E-state index in [2.05, 4.69) is 5.32 Å². The minimum Gasteiger partial charge on any atom is -0.383 e. The van der Waals surface area contributed by atoms with Crippen molar-refractivity contribution in [2.75, 3.05) is 20.3 Å². The van der Waals surface area contributed by atoms with Crippen LogP contribution in [0.25, 0.3) is 0 Å². The normalized spacial score (nSPS) is 10.8. The molecule has 0 spiro atoms. The number of nitrogens with one attached hydrogen (secondary N) is 1. The van der Waals surface area contributed by atoms with Crippen molar-refractivity contribution < 1.29 is 13.5 Å². The number of methoxy groups -OCH3 is 1. The fraction of sp³-hybridized carbons (Fsp3) is 0.250. The zero-order valence-corrected chi connectivity index (χ0v) is 12.6. The summed E-state index contributed by atoms with van der Waals surface area (Å²) in [7, 11) is 1.66. The Morgan fingerprint density at radius 3 is 2.67 bits per heavy atom. The maximum absolute atomic E-state index is 13.3. The van der Waals surface area contributed by atoms with E-state index in [4.69, 9.17) is 4.74 Å². The van der Waals surface area contributed by atoms with Gasteiger partial charge in [-0.05, 0) is 29.8 Å². The third kappa shape index (κ3) is 4.81. The van der Waals surface area contributed by atoms with E-state index >= 15 is 0 Å². The Morgan fingerprint density at radius 2 is 1.90 bits per heavy atom. The molecule has 0 aromatic heterocycles. The van der Waals surface area contributed by atoms with Gasteiger partial charge in [0.2, 0.25) is 0 Å². The van der Waals surface area contributed by atoms with Gasteiger partial charge in [0.05, 0.1) is 6.61 Å². The van der Waals surface area contributed by atoms with E-state index in [1.807, 2.05) is 24.3 Å². The largest absolute Gasteiger partial charge is 0.383 e. The molecule has 112 valence electrons. The van der Waals surface area contributed by atoms with Crippen LogP contribution in [0.4, 0.5) is 8.78 Å². The minimum absolute atomic E-state index is 0.651. The summed E-state index contributed by atoms with van der Waals surface area (Å²) in [6.45, 7) is 2.12. The van der Waals surface area contributed by atoms with Crippen molar-refractivity contribution in [1.29, 1.82) is 0 Å². The van der Waals surface area contributed by atoms with Crippen LogP contribution in [0.3, 0.4) is 0 Å². The summed E-state index contributed by atoms with van der Waals surface area (Å²) in [5.41, 5.74) is 1.11. The number of rotatable bonds is 7. The Hall–Kier alpha value is -1.43. The Bertz CT molecular complexity index is 592. The molecule has 0 saturated heterocycles. The van der Waals surface area contributed by atoms with Gasteiger partial charge in [-0.25, -0.2) is 8.78 Å².